The lowest BCUT2D eigenvalue weighted by molar-refractivity contribution is 0.102. The monoisotopic (exact) mass is 528 g/mol. The van der Waals surface area contributed by atoms with Crippen LogP contribution in [0.4, 0.5) is 11.6 Å². The molecule has 2 aliphatic rings. The van der Waals surface area contributed by atoms with Gasteiger partial charge in [0.1, 0.15) is 11.9 Å². The maximum atomic E-state index is 13.6. The molecule has 0 aliphatic carbocycles. The van der Waals surface area contributed by atoms with Crippen LogP contribution in [0.15, 0.2) is 30.3 Å². The molecule has 1 fully saturated rings. The Labute approximate surface area is 208 Å². The van der Waals surface area contributed by atoms with Gasteiger partial charge >= 0.3 is 10.2 Å². The smallest absolute Gasteiger partial charge is 0.305 e. The van der Waals surface area contributed by atoms with Gasteiger partial charge in [0.25, 0.3) is 5.91 Å². The van der Waals surface area contributed by atoms with Gasteiger partial charge in [0, 0.05) is 13.1 Å². The number of nitrogens with one attached hydrogen (secondary N) is 1. The first kappa shape index (κ1) is 25.0. The zero-order chi connectivity index (χ0) is 24.6. The molecule has 2 aromatic rings. The number of hydrogen-bond acceptors (Lipinski definition) is 6. The molecule has 2 aliphatic heterocycles. The van der Waals surface area contributed by atoms with Crippen LogP contribution in [-0.4, -0.2) is 61.1 Å². The summed E-state index contributed by atoms with van der Waals surface area (Å²) in [6.45, 7) is 4.46. The van der Waals surface area contributed by atoms with Gasteiger partial charge < -0.3 is 15.2 Å². The van der Waals surface area contributed by atoms with Crippen LogP contribution in [0.2, 0.25) is 10.0 Å². The number of hydrogen-bond donors (Lipinski definition) is 2. The van der Waals surface area contributed by atoms with Crippen LogP contribution in [0.25, 0.3) is 0 Å². The Morgan fingerprint density at radius 2 is 1.88 bits per heavy atom. The average Bonchev–Trinajstić information content (AvgIpc) is 2.79. The Hall–Kier alpha value is -2.11. The molecule has 0 unspecified atom stereocenters. The lowest BCUT2D eigenvalue weighted by Gasteiger charge is -2.40. The fourth-order valence-corrected chi connectivity index (χ4v) is 6.34. The molecule has 3 atom stereocenters. The number of ether oxygens (including phenoxy) is 1. The number of carbonyl (C=O) groups excluding carboxylic acids is 1. The molecule has 1 amide bonds. The topological polar surface area (TPSA) is 112 Å². The highest BCUT2D eigenvalue weighted by Gasteiger charge is 2.40. The lowest BCUT2D eigenvalue weighted by Crippen LogP contribution is -2.54. The summed E-state index contributed by atoms with van der Waals surface area (Å²) >= 11 is 12.3. The predicted molar refractivity (Wildman–Crippen MR) is 131 cm³/mol. The number of rotatable bonds is 5. The van der Waals surface area contributed by atoms with E-state index in [2.05, 4.69) is 17.2 Å². The van der Waals surface area contributed by atoms with Crippen molar-refractivity contribution in [3.05, 3.63) is 45.9 Å². The van der Waals surface area contributed by atoms with E-state index in [0.717, 1.165) is 10.7 Å². The van der Waals surface area contributed by atoms with Crippen LogP contribution >= 0.6 is 23.2 Å². The fraction of sp³-hybridized carbons (Fsp3) is 0.455. The molecule has 9 nitrogen and oxygen atoms in total. The minimum absolute atomic E-state index is 0.0408. The van der Waals surface area contributed by atoms with Crippen LogP contribution in [0.1, 0.15) is 30.6 Å². The van der Waals surface area contributed by atoms with E-state index in [0.29, 0.717) is 19.0 Å². The van der Waals surface area contributed by atoms with Gasteiger partial charge in [-0.15, -0.1) is 0 Å². The van der Waals surface area contributed by atoms with E-state index in [-0.39, 0.29) is 52.1 Å². The molecule has 1 saturated heterocycles. The van der Waals surface area contributed by atoms with E-state index in [1.54, 1.807) is 18.2 Å². The number of anilines is 2. The number of pyridine rings is 1. The van der Waals surface area contributed by atoms with Gasteiger partial charge in [0.2, 0.25) is 0 Å². The quantitative estimate of drug-likeness (QED) is 0.614. The molecule has 184 valence electrons. The summed E-state index contributed by atoms with van der Waals surface area (Å²) in [5.74, 6) is 0.384. The van der Waals surface area contributed by atoms with Crippen molar-refractivity contribution in [3.63, 3.8) is 0 Å². The Balaban J connectivity index is 1.66. The van der Waals surface area contributed by atoms with Gasteiger partial charge in [-0.2, -0.15) is 12.7 Å². The number of carbonyl (C=O) groups is 1. The number of amides is 1. The first-order valence-electron chi connectivity index (χ1n) is 10.9. The lowest BCUT2D eigenvalue weighted by atomic mass is 9.90. The molecule has 3 heterocycles. The molecule has 2 N–H and O–H groups in total. The summed E-state index contributed by atoms with van der Waals surface area (Å²) in [6.07, 6.45) is 0.0101. The highest BCUT2D eigenvalue weighted by Crippen LogP contribution is 2.37. The molecule has 1 aromatic carbocycles. The summed E-state index contributed by atoms with van der Waals surface area (Å²) in [4.78, 5) is 17.2. The van der Waals surface area contributed by atoms with E-state index in [9.17, 15) is 18.3 Å². The first-order valence-corrected chi connectivity index (χ1v) is 13.1. The second kappa shape index (κ2) is 9.87. The Bertz CT molecular complexity index is 1180. The molecule has 34 heavy (non-hydrogen) atoms. The van der Waals surface area contributed by atoms with Gasteiger partial charge in [-0.25, -0.2) is 9.29 Å². The van der Waals surface area contributed by atoms with Crippen molar-refractivity contribution in [2.24, 2.45) is 11.8 Å². The van der Waals surface area contributed by atoms with Crippen molar-refractivity contribution in [3.8, 4) is 5.75 Å². The second-order valence-corrected chi connectivity index (χ2v) is 11.3. The highest BCUT2D eigenvalue weighted by atomic mass is 35.5. The largest absolute Gasteiger partial charge is 0.482 e. The predicted octanol–water partition coefficient (Wildman–Crippen LogP) is 3.42. The summed E-state index contributed by atoms with van der Waals surface area (Å²) in [5, 5.41) is 12.6. The van der Waals surface area contributed by atoms with Gasteiger partial charge in [0.15, 0.2) is 11.6 Å². The Morgan fingerprint density at radius 1 is 1.18 bits per heavy atom. The zero-order valence-electron chi connectivity index (χ0n) is 18.7. The van der Waals surface area contributed by atoms with Crippen molar-refractivity contribution < 1.29 is 23.1 Å². The summed E-state index contributed by atoms with van der Waals surface area (Å²) in [6, 6.07) is 7.70. The zero-order valence-corrected chi connectivity index (χ0v) is 21.1. The van der Waals surface area contributed by atoms with Gasteiger partial charge in [-0.1, -0.05) is 43.1 Å². The van der Waals surface area contributed by atoms with Crippen molar-refractivity contribution in [1.29, 1.82) is 0 Å². The SMILES string of the molecule is C[C@@H]1CCN(S(=O)(=O)N2C[C@H](CO)Oc3ccc(NC(=O)c4c(Cl)cccc4Cl)nc32)C[C@H]1C. The van der Waals surface area contributed by atoms with Crippen LogP contribution in [0.3, 0.4) is 0 Å². The molecule has 0 spiro atoms. The molecular weight excluding hydrogens is 503 g/mol. The van der Waals surface area contributed by atoms with Gasteiger partial charge in [-0.3, -0.25) is 4.79 Å². The average molecular weight is 529 g/mol. The number of nitrogens with zero attached hydrogens (tertiary/aromatic N) is 3. The molecule has 4 rings (SSSR count). The van der Waals surface area contributed by atoms with Gasteiger partial charge in [0.05, 0.1) is 28.8 Å². The van der Waals surface area contributed by atoms with E-state index in [4.69, 9.17) is 27.9 Å². The van der Waals surface area contributed by atoms with Crippen LogP contribution < -0.4 is 14.4 Å². The van der Waals surface area contributed by atoms with E-state index in [1.165, 1.54) is 16.4 Å². The Morgan fingerprint density at radius 3 is 2.53 bits per heavy atom. The number of piperidine rings is 1. The third-order valence-corrected chi connectivity index (χ3v) is 8.77. The highest BCUT2D eigenvalue weighted by molar-refractivity contribution is 7.90. The van der Waals surface area contributed by atoms with Crippen LogP contribution in [-0.2, 0) is 10.2 Å². The number of aromatic nitrogens is 1. The first-order chi connectivity index (χ1) is 16.1. The number of fused-ring (bicyclic) bond motifs is 1. The maximum Gasteiger partial charge on any atom is 0.305 e. The van der Waals surface area contributed by atoms with E-state index < -0.39 is 22.2 Å². The maximum absolute atomic E-state index is 13.6. The van der Waals surface area contributed by atoms with Gasteiger partial charge in [-0.05, 0) is 42.5 Å². The number of aliphatic hydroxyl groups is 1. The molecule has 0 bridgehead atoms. The standard InChI is InChI=1S/C22H26Cl2N4O5S/c1-13-8-9-27(10-14(13)2)34(31,32)28-11-15(12-29)33-18-6-7-19(25-21(18)28)26-22(30)20-16(23)4-3-5-17(20)24/h3-7,13-15,29H,8-12H2,1-2H3,(H,25,26,30)/t13-,14-,15-/m1/s1. The number of benzene rings is 1. The molecular formula is C22H26Cl2N4O5S. The molecule has 0 saturated carbocycles. The summed E-state index contributed by atoms with van der Waals surface area (Å²) in [5.41, 5.74) is 0.0860. The summed E-state index contributed by atoms with van der Waals surface area (Å²) in [7, 11) is -3.95. The van der Waals surface area contributed by atoms with E-state index in [1.807, 2.05) is 6.92 Å². The minimum atomic E-state index is -3.95. The minimum Gasteiger partial charge on any atom is -0.482 e. The third-order valence-electron chi connectivity index (χ3n) is 6.28. The summed E-state index contributed by atoms with van der Waals surface area (Å²) < 4.78 is 35.5. The normalized spacial score (nSPS) is 23.2. The van der Waals surface area contributed by atoms with Crippen molar-refractivity contribution in [1.82, 2.24) is 9.29 Å². The number of halogens is 2. The van der Waals surface area contributed by atoms with Crippen LogP contribution in [0.5, 0.6) is 5.75 Å². The van der Waals surface area contributed by atoms with E-state index >= 15 is 0 Å². The molecule has 0 radical (unpaired) electrons. The van der Waals surface area contributed by atoms with Crippen molar-refractivity contribution >= 4 is 51.0 Å². The van der Waals surface area contributed by atoms with Crippen LogP contribution in [0, 0.1) is 11.8 Å². The third kappa shape index (κ3) is 4.83. The Kier molecular flexibility index (Phi) is 7.25. The molecule has 1 aromatic heterocycles. The molecule has 12 heteroatoms. The second-order valence-electron chi connectivity index (χ2n) is 8.63. The fourth-order valence-electron chi connectivity index (χ4n) is 4.03. The van der Waals surface area contributed by atoms with Crippen molar-refractivity contribution in [2.45, 2.75) is 26.4 Å². The van der Waals surface area contributed by atoms with Crippen molar-refractivity contribution in [2.75, 3.05) is 35.9 Å². The number of aliphatic hydroxyl groups excluding tert-OH is 1.